The molecule has 182 valence electrons. The summed E-state index contributed by atoms with van der Waals surface area (Å²) in [4.78, 5) is 12.5. The van der Waals surface area contributed by atoms with Crippen LogP contribution in [0.5, 0.6) is 0 Å². The first-order chi connectivity index (χ1) is 14.6. The van der Waals surface area contributed by atoms with Crippen LogP contribution in [0.15, 0.2) is 23.3 Å². The highest BCUT2D eigenvalue weighted by Gasteiger charge is 2.71. The van der Waals surface area contributed by atoms with Gasteiger partial charge < -0.3 is 25.2 Å². The summed E-state index contributed by atoms with van der Waals surface area (Å²) in [5.41, 5.74) is -2.53. The molecule has 1 spiro atoms. The molecule has 3 aliphatic carbocycles. The fraction of sp³-hybridized carbons (Fsp3) is 0.808. The summed E-state index contributed by atoms with van der Waals surface area (Å²) in [5.74, 6) is -1.13. The summed E-state index contributed by atoms with van der Waals surface area (Å²) in [6, 6.07) is 0. The van der Waals surface area contributed by atoms with Crippen molar-refractivity contribution < 1.29 is 30.0 Å². The highest BCUT2D eigenvalue weighted by molar-refractivity contribution is 5.72. The van der Waals surface area contributed by atoms with E-state index in [1.165, 1.54) is 0 Å². The standard InChI is InChI=1S/C26H42O6/c1-13(2)16(5)23(30)32-12-18-9-19-17(6)24(7,8)11-15(4)25(22(19)29)10-14(3)20(27)26(25,31)21(18)28/h9-10,13,15-17,19-22,27-29,31H,11-12H2,1-8H3/t15-,16?,17+,19+,20+,21-,22?,25+,26-/m1/s1. The van der Waals surface area contributed by atoms with Crippen molar-refractivity contribution in [2.45, 2.75) is 85.7 Å². The molecule has 0 aromatic carbocycles. The number of hydrogen-bond donors (Lipinski definition) is 4. The number of rotatable bonds is 4. The van der Waals surface area contributed by atoms with Gasteiger partial charge in [-0.25, -0.2) is 0 Å². The van der Waals surface area contributed by atoms with E-state index in [9.17, 15) is 25.2 Å². The van der Waals surface area contributed by atoms with Gasteiger partial charge in [-0.2, -0.15) is 0 Å². The van der Waals surface area contributed by atoms with Gasteiger partial charge in [-0.1, -0.05) is 60.6 Å². The molecule has 0 radical (unpaired) electrons. The number of aliphatic hydroxyl groups excluding tert-OH is 3. The van der Waals surface area contributed by atoms with Gasteiger partial charge in [-0.15, -0.1) is 0 Å². The quantitative estimate of drug-likeness (QED) is 0.388. The molecule has 3 aliphatic rings. The average Bonchev–Trinajstić information content (AvgIpc) is 2.86. The van der Waals surface area contributed by atoms with Crippen molar-refractivity contribution >= 4 is 5.97 Å². The van der Waals surface area contributed by atoms with Crippen molar-refractivity contribution in [1.82, 2.24) is 0 Å². The van der Waals surface area contributed by atoms with Crippen LogP contribution in [0, 0.1) is 40.4 Å². The van der Waals surface area contributed by atoms with Crippen LogP contribution in [-0.4, -0.2) is 56.9 Å². The van der Waals surface area contributed by atoms with Gasteiger partial charge in [0.05, 0.1) is 17.4 Å². The topological polar surface area (TPSA) is 107 Å². The third kappa shape index (κ3) is 3.41. The van der Waals surface area contributed by atoms with Crippen molar-refractivity contribution in [3.63, 3.8) is 0 Å². The Balaban J connectivity index is 2.13. The lowest BCUT2D eigenvalue weighted by Crippen LogP contribution is -2.66. The maximum atomic E-state index is 12.5. The van der Waals surface area contributed by atoms with E-state index in [1.54, 1.807) is 26.0 Å². The molecule has 4 N–H and O–H groups in total. The predicted octanol–water partition coefficient (Wildman–Crippen LogP) is 2.84. The summed E-state index contributed by atoms with van der Waals surface area (Å²) in [7, 11) is 0. The number of carbonyl (C=O) groups excluding carboxylic acids is 1. The van der Waals surface area contributed by atoms with Gasteiger partial charge >= 0.3 is 5.97 Å². The van der Waals surface area contributed by atoms with Crippen LogP contribution < -0.4 is 0 Å². The third-order valence-electron chi connectivity index (χ3n) is 9.25. The smallest absolute Gasteiger partial charge is 0.309 e. The zero-order chi connectivity index (χ0) is 24.4. The van der Waals surface area contributed by atoms with Crippen LogP contribution in [0.1, 0.15) is 61.8 Å². The van der Waals surface area contributed by atoms with Crippen LogP contribution in [0.2, 0.25) is 0 Å². The Labute approximate surface area is 192 Å². The first-order valence-electron chi connectivity index (χ1n) is 12.0. The largest absolute Gasteiger partial charge is 0.461 e. The van der Waals surface area contributed by atoms with Gasteiger partial charge in [0.2, 0.25) is 0 Å². The molecule has 6 heteroatoms. The summed E-state index contributed by atoms with van der Waals surface area (Å²) >= 11 is 0. The molecule has 0 aromatic heterocycles. The van der Waals surface area contributed by atoms with E-state index >= 15 is 0 Å². The number of fused-ring (bicyclic) bond motifs is 1. The van der Waals surface area contributed by atoms with Gasteiger partial charge in [0, 0.05) is 5.92 Å². The second kappa shape index (κ2) is 8.23. The summed E-state index contributed by atoms with van der Waals surface area (Å²) in [6.07, 6.45) is 0.477. The van der Waals surface area contributed by atoms with Crippen LogP contribution in [0.3, 0.4) is 0 Å². The lowest BCUT2D eigenvalue weighted by atomic mass is 9.58. The first kappa shape index (κ1) is 25.4. The monoisotopic (exact) mass is 450 g/mol. The molecule has 0 aromatic rings. The molecule has 3 rings (SSSR count). The van der Waals surface area contributed by atoms with Gasteiger partial charge in [-0.3, -0.25) is 4.79 Å². The SMILES string of the molecule is CC1=C[C@]23C(O)[C@@H](C=C(COC(=O)C(C)C(C)C)[C@@H](O)[C@]2(O)[C@H]1O)[C@H](C)C(C)(C)C[C@H]3C. The molecular weight excluding hydrogens is 408 g/mol. The molecule has 6 nitrogen and oxygen atoms in total. The second-order valence-corrected chi connectivity index (χ2v) is 11.7. The molecule has 0 heterocycles. The normalized spacial score (nSPS) is 44.2. The van der Waals surface area contributed by atoms with Crippen LogP contribution in [0.4, 0.5) is 0 Å². The fourth-order valence-corrected chi connectivity index (χ4v) is 6.49. The fourth-order valence-electron chi connectivity index (χ4n) is 6.49. The van der Waals surface area contributed by atoms with Crippen molar-refractivity contribution in [2.75, 3.05) is 6.61 Å². The van der Waals surface area contributed by atoms with E-state index in [2.05, 4.69) is 20.8 Å². The molecule has 0 saturated heterocycles. The Kier molecular flexibility index (Phi) is 6.53. The highest BCUT2D eigenvalue weighted by atomic mass is 16.5. The Morgan fingerprint density at radius 3 is 2.31 bits per heavy atom. The molecular formula is C26H42O6. The van der Waals surface area contributed by atoms with Gasteiger partial charge in [0.25, 0.3) is 0 Å². The van der Waals surface area contributed by atoms with Gasteiger partial charge in [0.1, 0.15) is 24.4 Å². The number of aliphatic hydroxyl groups is 4. The number of ether oxygens (including phenoxy) is 1. The maximum absolute atomic E-state index is 12.5. The van der Waals surface area contributed by atoms with E-state index < -0.39 is 29.3 Å². The number of esters is 1. The summed E-state index contributed by atoms with van der Waals surface area (Å²) in [5, 5.41) is 46.4. The van der Waals surface area contributed by atoms with Crippen molar-refractivity contribution in [1.29, 1.82) is 0 Å². The molecule has 9 atom stereocenters. The molecule has 2 unspecified atom stereocenters. The zero-order valence-electron chi connectivity index (χ0n) is 20.8. The van der Waals surface area contributed by atoms with Gasteiger partial charge in [-0.05, 0) is 47.7 Å². The third-order valence-corrected chi connectivity index (χ3v) is 9.25. The molecule has 2 bridgehead atoms. The lowest BCUT2D eigenvalue weighted by Gasteiger charge is -2.51. The van der Waals surface area contributed by atoms with E-state index in [0.29, 0.717) is 11.1 Å². The van der Waals surface area contributed by atoms with Crippen molar-refractivity contribution in [3.05, 3.63) is 23.3 Å². The first-order valence-corrected chi connectivity index (χ1v) is 12.0. The Morgan fingerprint density at radius 1 is 1.16 bits per heavy atom. The van der Waals surface area contributed by atoms with E-state index in [4.69, 9.17) is 4.74 Å². The van der Waals surface area contributed by atoms with Crippen molar-refractivity contribution in [3.8, 4) is 0 Å². The molecule has 1 saturated carbocycles. The van der Waals surface area contributed by atoms with E-state index in [1.807, 2.05) is 20.8 Å². The van der Waals surface area contributed by atoms with E-state index in [0.717, 1.165) is 6.42 Å². The predicted molar refractivity (Wildman–Crippen MR) is 122 cm³/mol. The minimum Gasteiger partial charge on any atom is -0.461 e. The highest BCUT2D eigenvalue weighted by Crippen LogP contribution is 2.63. The van der Waals surface area contributed by atoms with Crippen LogP contribution >= 0.6 is 0 Å². The zero-order valence-corrected chi connectivity index (χ0v) is 20.8. The summed E-state index contributed by atoms with van der Waals surface area (Å²) in [6.45, 7) is 15.6. The van der Waals surface area contributed by atoms with Crippen molar-refractivity contribution in [2.24, 2.45) is 40.4 Å². The Bertz CT molecular complexity index is 813. The minimum atomic E-state index is -2.02. The number of hydrogen-bond acceptors (Lipinski definition) is 6. The van der Waals surface area contributed by atoms with Crippen LogP contribution in [-0.2, 0) is 9.53 Å². The van der Waals surface area contributed by atoms with E-state index in [-0.39, 0.29) is 47.6 Å². The number of carbonyl (C=O) groups is 1. The maximum Gasteiger partial charge on any atom is 0.309 e. The molecule has 0 aliphatic heterocycles. The molecule has 1 fully saturated rings. The Hall–Kier alpha value is -1.21. The minimum absolute atomic E-state index is 0.0283. The molecule has 32 heavy (non-hydrogen) atoms. The molecule has 0 amide bonds. The Morgan fingerprint density at radius 2 is 1.75 bits per heavy atom. The van der Waals surface area contributed by atoms with Crippen LogP contribution in [0.25, 0.3) is 0 Å². The average molecular weight is 451 g/mol. The second-order valence-electron chi connectivity index (χ2n) is 11.7. The lowest BCUT2D eigenvalue weighted by molar-refractivity contribution is -0.214. The van der Waals surface area contributed by atoms with Gasteiger partial charge in [0.15, 0.2) is 0 Å². The summed E-state index contributed by atoms with van der Waals surface area (Å²) < 4.78 is 5.55.